The van der Waals surface area contributed by atoms with Crippen LogP contribution in [0.2, 0.25) is 0 Å². The van der Waals surface area contributed by atoms with Crippen molar-refractivity contribution < 1.29 is 19.4 Å². The molecule has 152 valence electrons. The number of hydrogen-bond acceptors (Lipinski definition) is 5. The molecule has 0 aliphatic heterocycles. The van der Waals surface area contributed by atoms with Gasteiger partial charge in [0.25, 0.3) is 0 Å². The van der Waals surface area contributed by atoms with Crippen molar-refractivity contribution in [3.05, 3.63) is 76.2 Å². The Bertz CT molecular complexity index is 1060. The van der Waals surface area contributed by atoms with Crippen LogP contribution < -0.4 is 5.32 Å². The number of benzene rings is 2. The number of hydrogen-bond donors (Lipinski definition) is 2. The largest absolute Gasteiger partial charge is 0.481 e. The van der Waals surface area contributed by atoms with E-state index in [2.05, 4.69) is 34.6 Å². The molecule has 2 aromatic carbocycles. The Hall–Kier alpha value is -3.19. The lowest BCUT2D eigenvalue weighted by molar-refractivity contribution is -0.148. The SMILES string of the molecule is O=C(NC1(c2cscn2)CC(C(=O)O)C1)OCC1c2ccccc2-c2ccccc21. The summed E-state index contributed by atoms with van der Waals surface area (Å²) in [7, 11) is 0. The summed E-state index contributed by atoms with van der Waals surface area (Å²) in [4.78, 5) is 28.3. The molecule has 2 N–H and O–H groups in total. The minimum atomic E-state index is -0.852. The molecule has 0 radical (unpaired) electrons. The molecule has 30 heavy (non-hydrogen) atoms. The topological polar surface area (TPSA) is 88.5 Å². The molecule has 0 atom stereocenters. The average Bonchev–Trinajstić information content (AvgIpc) is 3.36. The van der Waals surface area contributed by atoms with Crippen molar-refractivity contribution in [3.8, 4) is 11.1 Å². The predicted octanol–water partition coefficient (Wildman–Crippen LogP) is 4.37. The van der Waals surface area contributed by atoms with Gasteiger partial charge < -0.3 is 15.2 Å². The van der Waals surface area contributed by atoms with Crippen LogP contribution in [-0.2, 0) is 15.1 Å². The van der Waals surface area contributed by atoms with E-state index in [9.17, 15) is 14.7 Å². The Morgan fingerprint density at radius 2 is 1.73 bits per heavy atom. The number of fused-ring (bicyclic) bond motifs is 3. The molecule has 1 saturated carbocycles. The van der Waals surface area contributed by atoms with Crippen LogP contribution in [0.4, 0.5) is 4.79 Å². The molecular weight excluding hydrogens is 400 g/mol. The second-order valence-corrected chi connectivity index (χ2v) is 8.57. The van der Waals surface area contributed by atoms with E-state index in [1.807, 2.05) is 29.6 Å². The van der Waals surface area contributed by atoms with Gasteiger partial charge >= 0.3 is 12.1 Å². The Morgan fingerprint density at radius 1 is 1.10 bits per heavy atom. The Morgan fingerprint density at radius 3 is 2.30 bits per heavy atom. The number of carboxylic acids is 1. The molecule has 7 heteroatoms. The van der Waals surface area contributed by atoms with Gasteiger partial charge in [-0.2, -0.15) is 0 Å². The fraction of sp³-hybridized carbons (Fsp3) is 0.261. The van der Waals surface area contributed by atoms with Crippen LogP contribution in [0.3, 0.4) is 0 Å². The molecule has 0 saturated heterocycles. The van der Waals surface area contributed by atoms with Crippen molar-refractivity contribution in [2.24, 2.45) is 5.92 Å². The van der Waals surface area contributed by atoms with Crippen LogP contribution in [0, 0.1) is 5.92 Å². The third kappa shape index (κ3) is 3.06. The summed E-state index contributed by atoms with van der Waals surface area (Å²) in [6, 6.07) is 16.3. The zero-order chi connectivity index (χ0) is 20.7. The van der Waals surface area contributed by atoms with E-state index >= 15 is 0 Å². The number of amides is 1. The van der Waals surface area contributed by atoms with Crippen LogP contribution in [0.15, 0.2) is 59.4 Å². The van der Waals surface area contributed by atoms with Crippen LogP contribution >= 0.6 is 11.3 Å². The summed E-state index contributed by atoms with van der Waals surface area (Å²) in [5, 5.41) is 14.0. The molecule has 5 rings (SSSR count). The van der Waals surface area contributed by atoms with Crippen LogP contribution in [-0.4, -0.2) is 28.8 Å². The lowest BCUT2D eigenvalue weighted by Crippen LogP contribution is -2.56. The molecule has 1 heterocycles. The van der Waals surface area contributed by atoms with Gasteiger partial charge in [0.2, 0.25) is 0 Å². The summed E-state index contributed by atoms with van der Waals surface area (Å²) in [5.41, 5.74) is 6.24. The number of carboxylic acid groups (broad SMARTS) is 1. The first-order chi connectivity index (χ1) is 14.6. The number of carbonyl (C=O) groups is 2. The molecule has 6 nitrogen and oxygen atoms in total. The van der Waals surface area contributed by atoms with Crippen LogP contribution in [0.1, 0.15) is 35.6 Å². The van der Waals surface area contributed by atoms with Crippen LogP contribution in [0.25, 0.3) is 11.1 Å². The Kier molecular flexibility index (Phi) is 4.55. The van der Waals surface area contributed by atoms with Gasteiger partial charge in [0.1, 0.15) is 6.61 Å². The molecular formula is C23H20N2O4S. The highest BCUT2D eigenvalue weighted by Crippen LogP contribution is 2.46. The number of alkyl carbamates (subject to hydrolysis) is 1. The molecule has 1 aromatic heterocycles. The van der Waals surface area contributed by atoms with Gasteiger partial charge in [0.05, 0.1) is 22.7 Å². The third-order valence-electron chi connectivity index (χ3n) is 6.15. The van der Waals surface area contributed by atoms with Gasteiger partial charge in [0.15, 0.2) is 0 Å². The summed E-state index contributed by atoms with van der Waals surface area (Å²) in [6.45, 7) is 0.218. The number of thiazole rings is 1. The maximum Gasteiger partial charge on any atom is 0.407 e. The normalized spacial score (nSPS) is 21.9. The number of carbonyl (C=O) groups excluding carboxylic acids is 1. The quantitative estimate of drug-likeness (QED) is 0.640. The standard InChI is InChI=1S/C23H20N2O4S/c26-21(27)14-9-23(10-14,20-12-30-13-24-20)25-22(28)29-11-19-17-7-3-1-5-15(17)16-6-2-4-8-18(16)19/h1-8,12-14,19H,9-11H2,(H,25,28)(H,26,27). The second kappa shape index (κ2) is 7.25. The first kappa shape index (κ1) is 18.8. The highest BCUT2D eigenvalue weighted by atomic mass is 32.1. The third-order valence-corrected chi connectivity index (χ3v) is 6.73. The number of ether oxygens (including phenoxy) is 1. The highest BCUT2D eigenvalue weighted by molar-refractivity contribution is 7.07. The van der Waals surface area contributed by atoms with Gasteiger partial charge in [-0.3, -0.25) is 4.79 Å². The molecule has 2 aliphatic rings. The van der Waals surface area contributed by atoms with Gasteiger partial charge in [-0.25, -0.2) is 9.78 Å². The van der Waals surface area contributed by atoms with E-state index < -0.39 is 23.5 Å². The van der Waals surface area contributed by atoms with Crippen molar-refractivity contribution in [3.63, 3.8) is 0 Å². The van der Waals surface area contributed by atoms with Crippen LogP contribution in [0.5, 0.6) is 0 Å². The number of aromatic nitrogens is 1. The number of aliphatic carboxylic acids is 1. The van der Waals surface area contributed by atoms with Crippen molar-refractivity contribution in [1.82, 2.24) is 10.3 Å². The lowest BCUT2D eigenvalue weighted by atomic mass is 9.66. The van der Waals surface area contributed by atoms with Gasteiger partial charge in [-0.15, -0.1) is 11.3 Å². The fourth-order valence-corrected chi connectivity index (χ4v) is 5.26. The van der Waals surface area contributed by atoms with Crippen molar-refractivity contribution in [1.29, 1.82) is 0 Å². The minimum Gasteiger partial charge on any atom is -0.481 e. The summed E-state index contributed by atoms with van der Waals surface area (Å²) < 4.78 is 5.64. The van der Waals surface area contributed by atoms with E-state index in [1.165, 1.54) is 22.5 Å². The predicted molar refractivity (Wildman–Crippen MR) is 112 cm³/mol. The summed E-state index contributed by atoms with van der Waals surface area (Å²) in [5.74, 6) is -1.36. The van der Waals surface area contributed by atoms with Crippen molar-refractivity contribution in [2.75, 3.05) is 6.61 Å². The van der Waals surface area contributed by atoms with Gasteiger partial charge in [0, 0.05) is 11.3 Å². The number of nitrogens with one attached hydrogen (secondary N) is 1. The number of rotatable bonds is 5. The smallest absolute Gasteiger partial charge is 0.407 e. The number of nitrogens with zero attached hydrogens (tertiary/aromatic N) is 1. The zero-order valence-corrected chi connectivity index (χ0v) is 16.9. The lowest BCUT2D eigenvalue weighted by Gasteiger charge is -2.44. The fourth-order valence-electron chi connectivity index (χ4n) is 4.61. The Labute approximate surface area is 177 Å². The first-order valence-electron chi connectivity index (χ1n) is 9.82. The van der Waals surface area contributed by atoms with E-state index in [4.69, 9.17) is 4.74 Å². The van der Waals surface area contributed by atoms with Crippen molar-refractivity contribution >= 4 is 23.4 Å². The van der Waals surface area contributed by atoms with Crippen molar-refractivity contribution in [2.45, 2.75) is 24.3 Å². The molecule has 1 fully saturated rings. The second-order valence-electron chi connectivity index (χ2n) is 7.85. The van der Waals surface area contributed by atoms with E-state index in [-0.39, 0.29) is 12.5 Å². The highest BCUT2D eigenvalue weighted by Gasteiger charge is 2.51. The molecule has 3 aromatic rings. The monoisotopic (exact) mass is 420 g/mol. The molecule has 0 spiro atoms. The summed E-state index contributed by atoms with van der Waals surface area (Å²) >= 11 is 1.42. The van der Waals surface area contributed by atoms with Gasteiger partial charge in [-0.1, -0.05) is 48.5 Å². The van der Waals surface area contributed by atoms with E-state index in [1.54, 1.807) is 5.51 Å². The zero-order valence-electron chi connectivity index (χ0n) is 16.1. The molecule has 2 aliphatic carbocycles. The maximum absolute atomic E-state index is 12.7. The Balaban J connectivity index is 1.31. The molecule has 0 bridgehead atoms. The molecule has 0 unspecified atom stereocenters. The molecule has 1 amide bonds. The first-order valence-corrected chi connectivity index (χ1v) is 10.8. The van der Waals surface area contributed by atoms with Gasteiger partial charge in [-0.05, 0) is 35.1 Å². The maximum atomic E-state index is 12.7. The average molecular weight is 420 g/mol. The summed E-state index contributed by atoms with van der Waals surface area (Å²) in [6.07, 6.45) is 0.0840. The minimum absolute atomic E-state index is 0.0217. The van der Waals surface area contributed by atoms with E-state index in [0.29, 0.717) is 18.5 Å². The van der Waals surface area contributed by atoms with E-state index in [0.717, 1.165) is 11.1 Å².